The fourth-order valence-electron chi connectivity index (χ4n) is 2.12. The number of rotatable bonds is 4. The Morgan fingerprint density at radius 1 is 1.38 bits per heavy atom. The molecule has 0 heterocycles. The molecule has 0 saturated heterocycles. The van der Waals surface area contributed by atoms with E-state index in [0.717, 1.165) is 18.4 Å². The first-order chi connectivity index (χ1) is 9.80. The van der Waals surface area contributed by atoms with Crippen molar-refractivity contribution in [2.45, 2.75) is 51.8 Å². The van der Waals surface area contributed by atoms with Gasteiger partial charge in [0.25, 0.3) is 0 Å². The molecule has 0 radical (unpaired) electrons. The molecule has 5 heteroatoms. The molecule has 5 nitrogen and oxygen atoms in total. The Morgan fingerprint density at radius 2 is 2.05 bits per heavy atom. The van der Waals surface area contributed by atoms with Crippen molar-refractivity contribution in [3.8, 4) is 5.75 Å². The summed E-state index contributed by atoms with van der Waals surface area (Å²) in [6.07, 6.45) is 1.77. The van der Waals surface area contributed by atoms with Crippen LogP contribution in [0.2, 0.25) is 0 Å². The quantitative estimate of drug-likeness (QED) is 0.866. The number of nitrogens with zero attached hydrogens (tertiary/aromatic N) is 1. The van der Waals surface area contributed by atoms with Gasteiger partial charge in [0.05, 0.1) is 13.7 Å². The number of carbonyl (C=O) groups is 1. The molecule has 0 atom stereocenters. The topological polar surface area (TPSA) is 64.8 Å². The van der Waals surface area contributed by atoms with Crippen molar-refractivity contribution in [2.24, 2.45) is 0 Å². The van der Waals surface area contributed by atoms with E-state index in [-0.39, 0.29) is 12.1 Å². The van der Waals surface area contributed by atoms with Crippen molar-refractivity contribution in [1.82, 2.24) is 4.90 Å². The number of carbonyl (C=O) groups excluding carboxylic acids is 1. The summed E-state index contributed by atoms with van der Waals surface area (Å²) < 4.78 is 10.8. The van der Waals surface area contributed by atoms with Gasteiger partial charge in [0.15, 0.2) is 0 Å². The molecular formula is C16H24N2O3. The van der Waals surface area contributed by atoms with E-state index in [0.29, 0.717) is 18.0 Å². The largest absolute Gasteiger partial charge is 0.496 e. The van der Waals surface area contributed by atoms with Gasteiger partial charge in [-0.05, 0) is 39.7 Å². The average Bonchev–Trinajstić information content (AvgIpc) is 3.19. The monoisotopic (exact) mass is 292 g/mol. The standard InChI is InChI=1S/C16H24N2O3/c1-16(2,3)21-15(19)18(13-7-8-13)10-11-5-6-12(17)9-14(11)20-4/h5-6,9,13H,7-8,10,17H2,1-4H3. The van der Waals surface area contributed by atoms with Crippen LogP contribution in [0.3, 0.4) is 0 Å². The lowest BCUT2D eigenvalue weighted by atomic mass is 10.1. The van der Waals surface area contributed by atoms with Crippen LogP contribution in [0.25, 0.3) is 0 Å². The third-order valence-electron chi connectivity index (χ3n) is 3.27. The van der Waals surface area contributed by atoms with Gasteiger partial charge in [-0.15, -0.1) is 0 Å². The number of ether oxygens (including phenoxy) is 2. The second-order valence-corrected chi connectivity index (χ2v) is 6.41. The molecule has 0 aromatic heterocycles. The molecule has 2 rings (SSSR count). The van der Waals surface area contributed by atoms with Crippen LogP contribution in [0.1, 0.15) is 39.2 Å². The predicted octanol–water partition coefficient (Wildman–Crippen LogP) is 3.18. The Balaban J connectivity index is 2.15. The third-order valence-corrected chi connectivity index (χ3v) is 3.27. The number of anilines is 1. The molecule has 0 aliphatic heterocycles. The van der Waals surface area contributed by atoms with Crippen LogP contribution in [-0.2, 0) is 11.3 Å². The average molecular weight is 292 g/mol. The summed E-state index contributed by atoms with van der Waals surface area (Å²) in [7, 11) is 1.60. The van der Waals surface area contributed by atoms with Gasteiger partial charge in [-0.3, -0.25) is 0 Å². The molecule has 1 fully saturated rings. The zero-order valence-corrected chi connectivity index (χ0v) is 13.2. The van der Waals surface area contributed by atoms with Gasteiger partial charge in [0.1, 0.15) is 11.4 Å². The number of hydrogen-bond donors (Lipinski definition) is 1. The number of amides is 1. The van der Waals surface area contributed by atoms with Crippen molar-refractivity contribution in [3.05, 3.63) is 23.8 Å². The molecule has 1 amide bonds. The molecular weight excluding hydrogens is 268 g/mol. The Hall–Kier alpha value is -1.91. The van der Waals surface area contributed by atoms with Crippen molar-refractivity contribution in [3.63, 3.8) is 0 Å². The Bertz CT molecular complexity index is 519. The molecule has 21 heavy (non-hydrogen) atoms. The summed E-state index contributed by atoms with van der Waals surface area (Å²) in [6.45, 7) is 6.10. The molecule has 1 aliphatic rings. The fraction of sp³-hybridized carbons (Fsp3) is 0.562. The van der Waals surface area contributed by atoms with Crippen molar-refractivity contribution in [1.29, 1.82) is 0 Å². The smallest absolute Gasteiger partial charge is 0.410 e. The second kappa shape index (κ2) is 5.84. The van der Waals surface area contributed by atoms with Crippen LogP contribution in [0.4, 0.5) is 10.5 Å². The van der Waals surface area contributed by atoms with Crippen LogP contribution in [0.5, 0.6) is 5.75 Å². The van der Waals surface area contributed by atoms with Crippen molar-refractivity contribution in [2.75, 3.05) is 12.8 Å². The number of nitrogens with two attached hydrogens (primary N) is 1. The van der Waals surface area contributed by atoms with E-state index < -0.39 is 5.60 Å². The minimum atomic E-state index is -0.491. The lowest BCUT2D eigenvalue weighted by Crippen LogP contribution is -2.37. The zero-order chi connectivity index (χ0) is 15.6. The van der Waals surface area contributed by atoms with Crippen LogP contribution < -0.4 is 10.5 Å². The highest BCUT2D eigenvalue weighted by Gasteiger charge is 2.35. The molecule has 0 bridgehead atoms. The highest BCUT2D eigenvalue weighted by Crippen LogP contribution is 2.32. The van der Waals surface area contributed by atoms with Crippen LogP contribution >= 0.6 is 0 Å². The lowest BCUT2D eigenvalue weighted by Gasteiger charge is -2.28. The summed E-state index contributed by atoms with van der Waals surface area (Å²) in [5, 5.41) is 0. The zero-order valence-electron chi connectivity index (χ0n) is 13.2. The second-order valence-electron chi connectivity index (χ2n) is 6.41. The highest BCUT2D eigenvalue weighted by molar-refractivity contribution is 5.69. The van der Waals surface area contributed by atoms with E-state index in [1.165, 1.54) is 0 Å². The Labute approximate surface area is 126 Å². The highest BCUT2D eigenvalue weighted by atomic mass is 16.6. The van der Waals surface area contributed by atoms with E-state index in [4.69, 9.17) is 15.2 Å². The van der Waals surface area contributed by atoms with Gasteiger partial charge >= 0.3 is 6.09 Å². The molecule has 2 N–H and O–H groups in total. The van der Waals surface area contributed by atoms with E-state index >= 15 is 0 Å². The molecule has 116 valence electrons. The maximum atomic E-state index is 12.3. The maximum absolute atomic E-state index is 12.3. The first-order valence-electron chi connectivity index (χ1n) is 7.22. The Morgan fingerprint density at radius 3 is 2.57 bits per heavy atom. The van der Waals surface area contributed by atoms with Crippen LogP contribution in [-0.4, -0.2) is 29.7 Å². The van der Waals surface area contributed by atoms with Gasteiger partial charge in [0.2, 0.25) is 0 Å². The number of hydrogen-bond acceptors (Lipinski definition) is 4. The van der Waals surface area contributed by atoms with Gasteiger partial charge in [-0.2, -0.15) is 0 Å². The van der Waals surface area contributed by atoms with Gasteiger partial charge in [-0.1, -0.05) is 6.07 Å². The van der Waals surface area contributed by atoms with Crippen LogP contribution in [0.15, 0.2) is 18.2 Å². The summed E-state index contributed by atoms with van der Waals surface area (Å²) in [4.78, 5) is 14.1. The van der Waals surface area contributed by atoms with Gasteiger partial charge < -0.3 is 20.1 Å². The van der Waals surface area contributed by atoms with Gasteiger partial charge in [-0.25, -0.2) is 4.79 Å². The minimum Gasteiger partial charge on any atom is -0.496 e. The first kappa shape index (κ1) is 15.5. The fourth-order valence-corrected chi connectivity index (χ4v) is 2.12. The molecule has 1 saturated carbocycles. The number of methoxy groups -OCH3 is 1. The molecule has 1 aliphatic carbocycles. The van der Waals surface area contributed by atoms with Crippen LogP contribution in [0, 0.1) is 0 Å². The van der Waals surface area contributed by atoms with Crippen molar-refractivity contribution < 1.29 is 14.3 Å². The molecule has 0 spiro atoms. The summed E-state index contributed by atoms with van der Waals surface area (Å²) in [5.41, 5.74) is 6.85. The van der Waals surface area contributed by atoms with E-state index in [9.17, 15) is 4.79 Å². The predicted molar refractivity (Wildman–Crippen MR) is 82.2 cm³/mol. The molecule has 1 aromatic rings. The first-order valence-corrected chi connectivity index (χ1v) is 7.22. The summed E-state index contributed by atoms with van der Waals surface area (Å²) in [6, 6.07) is 5.75. The Kier molecular flexibility index (Phi) is 4.30. The van der Waals surface area contributed by atoms with E-state index in [2.05, 4.69) is 0 Å². The van der Waals surface area contributed by atoms with E-state index in [1.807, 2.05) is 32.9 Å². The SMILES string of the molecule is COc1cc(N)ccc1CN(C(=O)OC(C)(C)C)C1CC1. The normalized spacial score (nSPS) is 14.7. The number of nitrogen functional groups attached to an aromatic ring is 1. The van der Waals surface area contributed by atoms with E-state index in [1.54, 1.807) is 18.1 Å². The third kappa shape index (κ3) is 4.28. The van der Waals surface area contributed by atoms with Gasteiger partial charge in [0, 0.05) is 23.4 Å². The van der Waals surface area contributed by atoms with Crippen molar-refractivity contribution >= 4 is 11.8 Å². The minimum absolute atomic E-state index is 0.266. The maximum Gasteiger partial charge on any atom is 0.410 e. The molecule has 0 unspecified atom stereocenters. The molecule has 1 aromatic carbocycles. The summed E-state index contributed by atoms with van der Waals surface area (Å²) in [5.74, 6) is 0.698. The lowest BCUT2D eigenvalue weighted by molar-refractivity contribution is 0.0215. The summed E-state index contributed by atoms with van der Waals surface area (Å²) >= 11 is 0. The number of benzene rings is 1.